The summed E-state index contributed by atoms with van der Waals surface area (Å²) in [6, 6.07) is 3.79. The molecule has 0 amide bonds. The third-order valence-corrected chi connectivity index (χ3v) is 4.99. The van der Waals surface area contributed by atoms with Crippen LogP contribution in [0.4, 0.5) is 0 Å². The number of nitrogens with zero attached hydrogens (tertiary/aromatic N) is 2. The molecule has 2 heterocycles. The second kappa shape index (κ2) is 5.42. The molecule has 5 heteroatoms. The Bertz CT molecular complexity index is 567. The van der Waals surface area contributed by atoms with Gasteiger partial charge in [0.15, 0.2) is 0 Å². The first-order chi connectivity index (χ1) is 9.63. The van der Waals surface area contributed by atoms with Gasteiger partial charge in [0, 0.05) is 24.7 Å². The van der Waals surface area contributed by atoms with Gasteiger partial charge in [-0.15, -0.1) is 0 Å². The number of aromatic carboxylic acids is 1. The first-order valence-corrected chi connectivity index (χ1v) is 7.58. The van der Waals surface area contributed by atoms with Crippen molar-refractivity contribution < 1.29 is 28.8 Å². The number of pyridine rings is 1. The number of rotatable bonds is 4. The first kappa shape index (κ1) is 15.1. The zero-order valence-corrected chi connectivity index (χ0v) is 12.6. The van der Waals surface area contributed by atoms with Crippen LogP contribution in [-0.4, -0.2) is 28.9 Å². The molecular weight excluding hydrogens is 259 g/mol. The maximum atomic E-state index is 11.1. The van der Waals surface area contributed by atoms with Crippen molar-refractivity contribution in [2.75, 3.05) is 13.1 Å². The average Bonchev–Trinajstić information content (AvgIpc) is 3.30. The molecule has 1 saturated heterocycles. The van der Waals surface area contributed by atoms with Crippen molar-refractivity contribution in [3.63, 3.8) is 0 Å². The van der Waals surface area contributed by atoms with Gasteiger partial charge in [0.2, 0.25) is 0 Å². The molecule has 2 aliphatic carbocycles. The van der Waals surface area contributed by atoms with Gasteiger partial charge in [-0.05, 0) is 61.8 Å². The second-order valence-electron chi connectivity index (χ2n) is 6.81. The van der Waals surface area contributed by atoms with Gasteiger partial charge in [0.25, 0.3) is 0 Å². The summed E-state index contributed by atoms with van der Waals surface area (Å²) in [4.78, 5) is 17.8. The van der Waals surface area contributed by atoms with E-state index in [0.717, 1.165) is 37.2 Å². The first-order valence-electron chi connectivity index (χ1n) is 7.58. The van der Waals surface area contributed by atoms with Crippen molar-refractivity contribution in [1.29, 1.82) is 0 Å². The number of aromatic nitrogens is 1. The molecule has 0 radical (unpaired) electrons. The van der Waals surface area contributed by atoms with Crippen molar-refractivity contribution in [1.82, 2.24) is 9.88 Å². The summed E-state index contributed by atoms with van der Waals surface area (Å²) in [6.45, 7) is 3.17. The summed E-state index contributed by atoms with van der Waals surface area (Å²) >= 11 is 0. The predicted octanol–water partition coefficient (Wildman–Crippen LogP) is -1.69. The molecule has 0 bridgehead atoms. The molecule has 21 heavy (non-hydrogen) atoms. The van der Waals surface area contributed by atoms with Crippen LogP contribution in [0.15, 0.2) is 12.1 Å². The minimum Gasteiger partial charge on any atom is -0.543 e. The molecule has 0 N–H and O–H groups in total. The number of carbonyl (C=O) groups is 1. The molecule has 1 spiro atoms. The zero-order valence-electron chi connectivity index (χ0n) is 12.6. The Morgan fingerprint density at radius 2 is 2.10 bits per heavy atom. The summed E-state index contributed by atoms with van der Waals surface area (Å²) in [6.07, 6.45) is 6.32. The topological polar surface area (TPSA) is 56.3 Å². The average molecular weight is 278 g/mol. The van der Waals surface area contributed by atoms with E-state index in [4.69, 9.17) is 0 Å². The van der Waals surface area contributed by atoms with E-state index in [-0.39, 0.29) is 24.6 Å². The van der Waals surface area contributed by atoms with E-state index in [1.54, 1.807) is 6.07 Å². The molecule has 2 saturated carbocycles. The Balaban J connectivity index is 0.00000132. The Hall–Kier alpha value is -0.823. The molecule has 106 valence electrons. The van der Waals surface area contributed by atoms with Crippen LogP contribution in [0.25, 0.3) is 0 Å². The number of carboxylic acids is 1. The molecule has 3 aliphatic rings. The number of hydrogen-bond acceptors (Lipinski definition) is 4. The van der Waals surface area contributed by atoms with Crippen LogP contribution in [0.1, 0.15) is 59.8 Å². The van der Waals surface area contributed by atoms with Gasteiger partial charge in [-0.2, -0.15) is 0 Å². The SMILES string of the molecule is O=C([O-])c1cc(CN2CCC3(CC3)C2)cc(C2CC2)n1.[Li+]. The minimum absolute atomic E-state index is 0. The van der Waals surface area contributed by atoms with Crippen molar-refractivity contribution in [3.05, 3.63) is 29.1 Å². The summed E-state index contributed by atoms with van der Waals surface area (Å²) in [5, 5.41) is 11.1. The molecule has 3 fully saturated rings. The smallest absolute Gasteiger partial charge is 0.543 e. The van der Waals surface area contributed by atoms with E-state index in [2.05, 4.69) is 16.0 Å². The van der Waals surface area contributed by atoms with Crippen molar-refractivity contribution >= 4 is 5.97 Å². The van der Waals surface area contributed by atoms with Crippen LogP contribution in [0.3, 0.4) is 0 Å². The van der Waals surface area contributed by atoms with Crippen LogP contribution < -0.4 is 24.0 Å². The van der Waals surface area contributed by atoms with E-state index in [1.807, 2.05) is 0 Å². The van der Waals surface area contributed by atoms with Gasteiger partial charge >= 0.3 is 18.9 Å². The second-order valence-corrected chi connectivity index (χ2v) is 6.81. The molecule has 1 aliphatic heterocycles. The Labute approximate surface area is 137 Å². The van der Waals surface area contributed by atoms with Gasteiger partial charge in [0.05, 0.1) is 11.7 Å². The fourth-order valence-corrected chi connectivity index (χ4v) is 3.40. The van der Waals surface area contributed by atoms with Crippen molar-refractivity contribution in [3.8, 4) is 0 Å². The maximum Gasteiger partial charge on any atom is 1.00 e. The van der Waals surface area contributed by atoms with Crippen molar-refractivity contribution in [2.45, 2.75) is 44.6 Å². The van der Waals surface area contributed by atoms with E-state index in [9.17, 15) is 9.90 Å². The van der Waals surface area contributed by atoms with E-state index in [0.29, 0.717) is 11.3 Å². The normalized spacial score (nSPS) is 23.0. The van der Waals surface area contributed by atoms with Crippen LogP contribution >= 0.6 is 0 Å². The van der Waals surface area contributed by atoms with Gasteiger partial charge in [-0.3, -0.25) is 9.88 Å². The summed E-state index contributed by atoms with van der Waals surface area (Å²) in [5.41, 5.74) is 2.74. The summed E-state index contributed by atoms with van der Waals surface area (Å²) in [5.74, 6) is -0.685. The van der Waals surface area contributed by atoms with Gasteiger partial charge in [-0.25, -0.2) is 0 Å². The van der Waals surface area contributed by atoms with Gasteiger partial charge in [0.1, 0.15) is 0 Å². The third kappa shape index (κ3) is 3.18. The van der Waals surface area contributed by atoms with Crippen LogP contribution in [0.5, 0.6) is 0 Å². The largest absolute Gasteiger partial charge is 1.00 e. The Morgan fingerprint density at radius 1 is 1.33 bits per heavy atom. The fourth-order valence-electron chi connectivity index (χ4n) is 3.40. The van der Waals surface area contributed by atoms with E-state index in [1.165, 1.54) is 25.8 Å². The molecule has 0 unspecified atom stereocenters. The molecular formula is C16H19LiN2O2. The van der Waals surface area contributed by atoms with Gasteiger partial charge in [-0.1, -0.05) is 0 Å². The van der Waals surface area contributed by atoms with E-state index < -0.39 is 5.97 Å². The zero-order chi connectivity index (χ0) is 13.7. The van der Waals surface area contributed by atoms with Crippen LogP contribution in [-0.2, 0) is 6.54 Å². The summed E-state index contributed by atoms with van der Waals surface area (Å²) < 4.78 is 0. The molecule has 0 atom stereocenters. The third-order valence-electron chi connectivity index (χ3n) is 4.99. The molecule has 1 aromatic heterocycles. The standard InChI is InChI=1S/C16H20N2O2.Li/c19-15(20)14-8-11(7-13(17-14)12-1-2-12)9-18-6-5-16(10-18)3-4-16;/h7-8,12H,1-6,9-10H2,(H,19,20);/q;+1/p-1. The van der Waals surface area contributed by atoms with E-state index >= 15 is 0 Å². The molecule has 0 aromatic carbocycles. The summed E-state index contributed by atoms with van der Waals surface area (Å²) in [7, 11) is 0. The maximum absolute atomic E-state index is 11.1. The number of carbonyl (C=O) groups excluding carboxylic acids is 1. The van der Waals surface area contributed by atoms with Gasteiger partial charge < -0.3 is 9.90 Å². The Kier molecular flexibility index (Phi) is 3.90. The minimum atomic E-state index is -1.16. The number of hydrogen-bond donors (Lipinski definition) is 0. The van der Waals surface area contributed by atoms with Crippen molar-refractivity contribution in [2.24, 2.45) is 5.41 Å². The molecule has 4 nitrogen and oxygen atoms in total. The molecule has 4 rings (SSSR count). The monoisotopic (exact) mass is 278 g/mol. The Morgan fingerprint density at radius 3 is 2.67 bits per heavy atom. The van der Waals surface area contributed by atoms with Crippen LogP contribution in [0, 0.1) is 5.41 Å². The number of carboxylic acid groups (broad SMARTS) is 1. The number of likely N-dealkylation sites (tertiary alicyclic amines) is 1. The predicted molar refractivity (Wildman–Crippen MR) is 72.1 cm³/mol. The quantitative estimate of drug-likeness (QED) is 0.617. The van der Waals surface area contributed by atoms with Crippen LogP contribution in [0.2, 0.25) is 0 Å². The fraction of sp³-hybridized carbons (Fsp3) is 0.625. The molecule has 1 aromatic rings.